The first-order valence-electron chi connectivity index (χ1n) is 4.50. The van der Waals surface area contributed by atoms with Crippen molar-refractivity contribution in [2.24, 2.45) is 13.0 Å². The lowest BCUT2D eigenvalue weighted by molar-refractivity contribution is 0.0910. The molecule has 2 rings (SSSR count). The summed E-state index contributed by atoms with van der Waals surface area (Å²) in [6.45, 7) is 0.111. The smallest absolute Gasteiger partial charge is 0.179 e. The van der Waals surface area contributed by atoms with Gasteiger partial charge in [-0.2, -0.15) is 0 Å². The molecule has 0 aromatic carbocycles. The SMILES string of the molecule is Cn1ccc2c1C(=O)CC(CO)C2. The second-order valence-corrected chi connectivity index (χ2v) is 3.68. The van der Waals surface area contributed by atoms with E-state index in [0.717, 1.165) is 17.7 Å². The van der Waals surface area contributed by atoms with Gasteiger partial charge in [-0.15, -0.1) is 0 Å². The molecule has 3 heteroatoms. The van der Waals surface area contributed by atoms with Crippen molar-refractivity contribution in [1.29, 1.82) is 0 Å². The van der Waals surface area contributed by atoms with Gasteiger partial charge in [0.2, 0.25) is 0 Å². The third-order valence-corrected chi connectivity index (χ3v) is 2.66. The number of hydrogen-bond donors (Lipinski definition) is 1. The van der Waals surface area contributed by atoms with Crippen LogP contribution in [-0.4, -0.2) is 22.1 Å². The topological polar surface area (TPSA) is 42.2 Å². The minimum Gasteiger partial charge on any atom is -0.396 e. The molecule has 0 fully saturated rings. The van der Waals surface area contributed by atoms with Crippen LogP contribution < -0.4 is 0 Å². The molecule has 1 aliphatic carbocycles. The molecule has 70 valence electrons. The lowest BCUT2D eigenvalue weighted by Crippen LogP contribution is -2.23. The molecule has 0 spiro atoms. The van der Waals surface area contributed by atoms with Gasteiger partial charge in [0, 0.05) is 26.3 Å². The summed E-state index contributed by atoms with van der Waals surface area (Å²) in [4.78, 5) is 11.6. The highest BCUT2D eigenvalue weighted by Gasteiger charge is 2.26. The lowest BCUT2D eigenvalue weighted by Gasteiger charge is -2.19. The average Bonchev–Trinajstić information content (AvgIpc) is 2.48. The Balaban J connectivity index is 2.39. The number of aromatic nitrogens is 1. The van der Waals surface area contributed by atoms with E-state index in [0.29, 0.717) is 6.42 Å². The first kappa shape index (κ1) is 8.51. The van der Waals surface area contributed by atoms with Gasteiger partial charge in [0.1, 0.15) is 0 Å². The van der Waals surface area contributed by atoms with E-state index >= 15 is 0 Å². The van der Waals surface area contributed by atoms with Crippen LogP contribution in [0.2, 0.25) is 0 Å². The van der Waals surface area contributed by atoms with Crippen LogP contribution in [0.4, 0.5) is 0 Å². The standard InChI is InChI=1S/C10H13NO2/c1-11-3-2-8-4-7(6-12)5-9(13)10(8)11/h2-3,7,12H,4-6H2,1H3. The molecule has 1 aromatic rings. The summed E-state index contributed by atoms with van der Waals surface area (Å²) in [5, 5.41) is 8.98. The Hall–Kier alpha value is -1.09. The van der Waals surface area contributed by atoms with Crippen LogP contribution in [0.15, 0.2) is 12.3 Å². The van der Waals surface area contributed by atoms with E-state index < -0.39 is 0 Å². The molecule has 0 aliphatic heterocycles. The monoisotopic (exact) mass is 179 g/mol. The summed E-state index contributed by atoms with van der Waals surface area (Å²) in [5.74, 6) is 0.287. The van der Waals surface area contributed by atoms with Crippen LogP contribution >= 0.6 is 0 Å². The number of nitrogens with zero attached hydrogens (tertiary/aromatic N) is 1. The molecule has 3 nitrogen and oxygen atoms in total. The first-order chi connectivity index (χ1) is 6.22. The fourth-order valence-corrected chi connectivity index (χ4v) is 1.99. The van der Waals surface area contributed by atoms with Gasteiger partial charge >= 0.3 is 0 Å². The Kier molecular flexibility index (Phi) is 1.96. The second kappa shape index (κ2) is 3.00. The van der Waals surface area contributed by atoms with Gasteiger partial charge in [0.15, 0.2) is 5.78 Å². The summed E-state index contributed by atoms with van der Waals surface area (Å²) in [5.41, 5.74) is 1.91. The van der Waals surface area contributed by atoms with Crippen molar-refractivity contribution in [3.05, 3.63) is 23.5 Å². The maximum absolute atomic E-state index is 11.6. The van der Waals surface area contributed by atoms with E-state index in [9.17, 15) is 4.79 Å². The van der Waals surface area contributed by atoms with Crippen molar-refractivity contribution < 1.29 is 9.90 Å². The zero-order valence-electron chi connectivity index (χ0n) is 7.66. The summed E-state index contributed by atoms with van der Waals surface area (Å²) < 4.78 is 1.87. The van der Waals surface area contributed by atoms with Crippen LogP contribution in [-0.2, 0) is 13.5 Å². The Morgan fingerprint density at radius 3 is 3.08 bits per heavy atom. The Labute approximate surface area is 77.0 Å². The summed E-state index contributed by atoms with van der Waals surface area (Å²) in [6, 6.07) is 1.97. The molecule has 1 atom stereocenters. The van der Waals surface area contributed by atoms with Gasteiger partial charge in [-0.1, -0.05) is 0 Å². The molecule has 1 aliphatic rings. The van der Waals surface area contributed by atoms with Gasteiger partial charge in [-0.25, -0.2) is 0 Å². The molecule has 0 saturated carbocycles. The molecule has 13 heavy (non-hydrogen) atoms. The summed E-state index contributed by atoms with van der Waals surface area (Å²) in [6.07, 6.45) is 3.22. The maximum Gasteiger partial charge on any atom is 0.179 e. The number of ketones is 1. The van der Waals surface area contributed by atoms with Crippen molar-refractivity contribution >= 4 is 5.78 Å². The fraction of sp³-hybridized carbons (Fsp3) is 0.500. The van der Waals surface area contributed by atoms with E-state index in [1.54, 1.807) is 0 Å². The predicted molar refractivity (Wildman–Crippen MR) is 48.6 cm³/mol. The van der Waals surface area contributed by atoms with Gasteiger partial charge in [-0.3, -0.25) is 4.79 Å². The number of rotatable bonds is 1. The van der Waals surface area contributed by atoms with Crippen LogP contribution in [0.1, 0.15) is 22.5 Å². The fourth-order valence-electron chi connectivity index (χ4n) is 1.99. The average molecular weight is 179 g/mol. The zero-order chi connectivity index (χ0) is 9.42. The summed E-state index contributed by atoms with van der Waals surface area (Å²) >= 11 is 0. The Morgan fingerprint density at radius 2 is 2.38 bits per heavy atom. The lowest BCUT2D eigenvalue weighted by atomic mass is 9.87. The normalized spacial score (nSPS) is 21.7. The predicted octanol–water partition coefficient (Wildman–Crippen LogP) is 0.762. The van der Waals surface area contributed by atoms with E-state index in [-0.39, 0.29) is 18.3 Å². The van der Waals surface area contributed by atoms with Crippen molar-refractivity contribution in [1.82, 2.24) is 4.57 Å². The highest BCUT2D eigenvalue weighted by molar-refractivity contribution is 5.97. The van der Waals surface area contributed by atoms with E-state index in [1.807, 2.05) is 23.9 Å². The van der Waals surface area contributed by atoms with Crippen molar-refractivity contribution in [3.63, 3.8) is 0 Å². The largest absolute Gasteiger partial charge is 0.396 e. The van der Waals surface area contributed by atoms with E-state index in [1.165, 1.54) is 0 Å². The number of Topliss-reactive ketones (excluding diaryl/α,β-unsaturated/α-hetero) is 1. The summed E-state index contributed by atoms with van der Waals surface area (Å²) in [7, 11) is 1.88. The number of aliphatic hydroxyl groups is 1. The number of hydrogen-bond acceptors (Lipinski definition) is 2. The van der Waals surface area contributed by atoms with Crippen molar-refractivity contribution in [2.75, 3.05) is 6.61 Å². The molecule has 0 bridgehead atoms. The van der Waals surface area contributed by atoms with Crippen LogP contribution in [0.5, 0.6) is 0 Å². The van der Waals surface area contributed by atoms with Crippen molar-refractivity contribution in [3.8, 4) is 0 Å². The number of aryl methyl sites for hydroxylation is 1. The first-order valence-corrected chi connectivity index (χ1v) is 4.50. The Bertz CT molecular complexity index is 341. The third-order valence-electron chi connectivity index (χ3n) is 2.66. The number of carbonyl (C=O) groups excluding carboxylic acids is 1. The second-order valence-electron chi connectivity index (χ2n) is 3.68. The van der Waals surface area contributed by atoms with Crippen molar-refractivity contribution in [2.45, 2.75) is 12.8 Å². The molecule has 1 N–H and O–H groups in total. The quantitative estimate of drug-likeness (QED) is 0.691. The van der Waals surface area contributed by atoms with Crippen LogP contribution in [0.25, 0.3) is 0 Å². The van der Waals surface area contributed by atoms with E-state index in [4.69, 9.17) is 5.11 Å². The van der Waals surface area contributed by atoms with Crippen LogP contribution in [0, 0.1) is 5.92 Å². The number of fused-ring (bicyclic) bond motifs is 1. The molecule has 0 saturated heterocycles. The molecular weight excluding hydrogens is 166 g/mol. The molecule has 0 radical (unpaired) electrons. The third kappa shape index (κ3) is 1.29. The highest BCUT2D eigenvalue weighted by atomic mass is 16.3. The van der Waals surface area contributed by atoms with Gasteiger partial charge in [0.05, 0.1) is 5.69 Å². The zero-order valence-corrected chi connectivity index (χ0v) is 7.66. The number of aliphatic hydroxyl groups excluding tert-OH is 1. The highest BCUT2D eigenvalue weighted by Crippen LogP contribution is 2.25. The van der Waals surface area contributed by atoms with Gasteiger partial charge in [-0.05, 0) is 24.0 Å². The van der Waals surface area contributed by atoms with Crippen LogP contribution in [0.3, 0.4) is 0 Å². The minimum absolute atomic E-state index is 0.111. The Morgan fingerprint density at radius 1 is 1.62 bits per heavy atom. The molecular formula is C10H13NO2. The van der Waals surface area contributed by atoms with Gasteiger partial charge < -0.3 is 9.67 Å². The number of carbonyl (C=O) groups is 1. The maximum atomic E-state index is 11.6. The van der Waals surface area contributed by atoms with E-state index in [2.05, 4.69) is 0 Å². The van der Waals surface area contributed by atoms with Gasteiger partial charge in [0.25, 0.3) is 0 Å². The molecule has 1 aromatic heterocycles. The molecule has 1 unspecified atom stereocenters. The molecule has 1 heterocycles. The minimum atomic E-state index is 0.111. The molecule has 0 amide bonds.